The second-order valence-electron chi connectivity index (χ2n) is 7.81. The summed E-state index contributed by atoms with van der Waals surface area (Å²) in [6.07, 6.45) is 9.39. The summed E-state index contributed by atoms with van der Waals surface area (Å²) in [6.45, 7) is 2.60. The lowest BCUT2D eigenvalue weighted by Crippen LogP contribution is -2.48. The van der Waals surface area contributed by atoms with E-state index in [-0.39, 0.29) is 12.0 Å². The number of carbonyl (C=O) groups excluding carboxylic acids is 1. The van der Waals surface area contributed by atoms with Crippen LogP contribution in [0.1, 0.15) is 75.0 Å². The summed E-state index contributed by atoms with van der Waals surface area (Å²) in [6, 6.07) is 0.274. The van der Waals surface area contributed by atoms with Crippen LogP contribution in [0, 0.1) is 5.92 Å². The molecule has 0 bridgehead atoms. The number of likely N-dealkylation sites (tertiary alicyclic amines) is 2. The van der Waals surface area contributed by atoms with Gasteiger partial charge in [0, 0.05) is 19.5 Å². The fourth-order valence-corrected chi connectivity index (χ4v) is 4.40. The van der Waals surface area contributed by atoms with E-state index in [4.69, 9.17) is 4.52 Å². The Morgan fingerprint density at radius 1 is 1.21 bits per heavy atom. The van der Waals surface area contributed by atoms with Gasteiger partial charge in [0.2, 0.25) is 11.8 Å². The zero-order valence-electron chi connectivity index (χ0n) is 14.6. The van der Waals surface area contributed by atoms with Crippen LogP contribution in [0.15, 0.2) is 4.52 Å². The molecule has 1 aromatic rings. The van der Waals surface area contributed by atoms with Gasteiger partial charge in [0.1, 0.15) is 0 Å². The molecule has 1 saturated carbocycles. The molecule has 3 fully saturated rings. The van der Waals surface area contributed by atoms with E-state index in [1.807, 2.05) is 4.90 Å². The lowest BCUT2D eigenvalue weighted by Gasteiger charge is -2.37. The number of aromatic nitrogens is 2. The Balaban J connectivity index is 1.25. The van der Waals surface area contributed by atoms with Gasteiger partial charge in [-0.3, -0.25) is 9.69 Å². The molecule has 132 valence electrons. The summed E-state index contributed by atoms with van der Waals surface area (Å²) in [5, 5.41) is 4.17. The van der Waals surface area contributed by atoms with Gasteiger partial charge in [0.05, 0.1) is 12.0 Å². The van der Waals surface area contributed by atoms with Gasteiger partial charge in [-0.1, -0.05) is 30.8 Å². The molecule has 3 heterocycles. The summed E-state index contributed by atoms with van der Waals surface area (Å²) >= 11 is 0. The Morgan fingerprint density at radius 3 is 2.71 bits per heavy atom. The number of amides is 1. The van der Waals surface area contributed by atoms with Crippen LogP contribution >= 0.6 is 0 Å². The number of hydrogen-bond donors (Lipinski definition) is 0. The first-order valence-electron chi connectivity index (χ1n) is 9.52. The molecule has 1 amide bonds. The average molecular weight is 332 g/mol. The van der Waals surface area contributed by atoms with Crippen molar-refractivity contribution in [3.63, 3.8) is 0 Å². The zero-order valence-corrected chi connectivity index (χ0v) is 14.6. The molecule has 2 aliphatic heterocycles. The van der Waals surface area contributed by atoms with E-state index in [1.165, 1.54) is 32.1 Å². The van der Waals surface area contributed by atoms with Crippen molar-refractivity contribution in [2.24, 2.45) is 5.92 Å². The van der Waals surface area contributed by atoms with E-state index >= 15 is 0 Å². The van der Waals surface area contributed by atoms with Crippen molar-refractivity contribution in [3.8, 4) is 0 Å². The lowest BCUT2D eigenvalue weighted by atomic mass is 9.96. The van der Waals surface area contributed by atoms with E-state index in [0.717, 1.165) is 50.1 Å². The predicted octanol–water partition coefficient (Wildman–Crippen LogP) is 2.73. The molecule has 1 unspecified atom stereocenters. The molecule has 0 radical (unpaired) electrons. The molecular weight excluding hydrogens is 304 g/mol. The first-order chi connectivity index (χ1) is 11.7. The molecule has 6 nitrogen and oxygen atoms in total. The van der Waals surface area contributed by atoms with E-state index in [9.17, 15) is 4.79 Å². The Labute approximate surface area is 143 Å². The maximum absolute atomic E-state index is 12.3. The van der Waals surface area contributed by atoms with Crippen LogP contribution in [0.5, 0.6) is 0 Å². The molecule has 0 spiro atoms. The molecular formula is C18H28N4O2. The minimum absolute atomic E-state index is 0.254. The van der Waals surface area contributed by atoms with Crippen molar-refractivity contribution in [3.05, 3.63) is 11.7 Å². The van der Waals surface area contributed by atoms with Crippen LogP contribution in [0.2, 0.25) is 0 Å². The fraction of sp³-hybridized carbons (Fsp3) is 0.833. The highest BCUT2D eigenvalue weighted by Gasteiger charge is 2.36. The minimum Gasteiger partial charge on any atom is -0.341 e. The third-order valence-electron chi connectivity index (χ3n) is 6.10. The highest BCUT2D eigenvalue weighted by Crippen LogP contribution is 2.33. The summed E-state index contributed by atoms with van der Waals surface area (Å²) in [4.78, 5) is 21.1. The molecule has 4 rings (SSSR count). The third kappa shape index (κ3) is 3.21. The Kier molecular flexibility index (Phi) is 4.57. The van der Waals surface area contributed by atoms with Crippen molar-refractivity contribution in [1.82, 2.24) is 19.9 Å². The minimum atomic E-state index is 0.254. The highest BCUT2D eigenvalue weighted by atomic mass is 16.5. The zero-order chi connectivity index (χ0) is 16.5. The molecule has 24 heavy (non-hydrogen) atoms. The smallest absolute Gasteiger partial charge is 0.243 e. The Morgan fingerprint density at radius 2 is 2.00 bits per heavy atom. The molecule has 0 N–H and O–H groups in total. The van der Waals surface area contributed by atoms with Crippen LogP contribution in [-0.2, 0) is 4.79 Å². The van der Waals surface area contributed by atoms with E-state index < -0.39 is 0 Å². The predicted molar refractivity (Wildman–Crippen MR) is 89.4 cm³/mol. The number of rotatable bonds is 5. The molecule has 6 heteroatoms. The second kappa shape index (κ2) is 6.82. The van der Waals surface area contributed by atoms with Gasteiger partial charge in [0.25, 0.3) is 0 Å². The van der Waals surface area contributed by atoms with Gasteiger partial charge >= 0.3 is 0 Å². The van der Waals surface area contributed by atoms with Crippen LogP contribution in [0.3, 0.4) is 0 Å². The summed E-state index contributed by atoms with van der Waals surface area (Å²) in [7, 11) is 2.11. The van der Waals surface area contributed by atoms with Gasteiger partial charge in [-0.25, -0.2) is 0 Å². The van der Waals surface area contributed by atoms with Gasteiger partial charge in [-0.05, 0) is 38.8 Å². The summed E-state index contributed by atoms with van der Waals surface area (Å²) in [5.74, 6) is 2.87. The van der Waals surface area contributed by atoms with Crippen molar-refractivity contribution < 1.29 is 9.32 Å². The van der Waals surface area contributed by atoms with Gasteiger partial charge in [-0.15, -0.1) is 0 Å². The fourth-order valence-electron chi connectivity index (χ4n) is 4.40. The number of hydrogen-bond acceptors (Lipinski definition) is 5. The molecule has 3 aliphatic rings. The molecule has 1 aromatic heterocycles. The quantitative estimate of drug-likeness (QED) is 0.829. The standard InChI is InChI=1S/C18H28N4O2/c1-21-10-4-7-15(21)18-19-17(20-24-18)14-11-22(12-14)16(23)9-8-13-5-2-3-6-13/h13-15H,2-12H2,1H3. The highest BCUT2D eigenvalue weighted by molar-refractivity contribution is 5.77. The lowest BCUT2D eigenvalue weighted by molar-refractivity contribution is -0.136. The maximum atomic E-state index is 12.3. The Bertz CT molecular complexity index is 575. The van der Waals surface area contributed by atoms with Gasteiger partial charge in [0.15, 0.2) is 5.82 Å². The monoisotopic (exact) mass is 332 g/mol. The van der Waals surface area contributed by atoms with Crippen molar-refractivity contribution in [1.29, 1.82) is 0 Å². The third-order valence-corrected chi connectivity index (χ3v) is 6.10. The van der Waals surface area contributed by atoms with Crippen LogP contribution < -0.4 is 0 Å². The van der Waals surface area contributed by atoms with Crippen molar-refractivity contribution in [2.75, 3.05) is 26.7 Å². The topological polar surface area (TPSA) is 62.5 Å². The van der Waals surface area contributed by atoms with Crippen LogP contribution in [-0.4, -0.2) is 52.5 Å². The molecule has 1 aliphatic carbocycles. The second-order valence-corrected chi connectivity index (χ2v) is 7.81. The van der Waals surface area contributed by atoms with E-state index in [2.05, 4.69) is 22.1 Å². The van der Waals surface area contributed by atoms with E-state index in [1.54, 1.807) is 0 Å². The largest absolute Gasteiger partial charge is 0.341 e. The molecule has 2 saturated heterocycles. The van der Waals surface area contributed by atoms with Gasteiger partial charge < -0.3 is 9.42 Å². The molecule has 1 atom stereocenters. The summed E-state index contributed by atoms with van der Waals surface area (Å²) in [5.41, 5.74) is 0. The molecule has 0 aromatic carbocycles. The van der Waals surface area contributed by atoms with Gasteiger partial charge in [-0.2, -0.15) is 4.98 Å². The summed E-state index contributed by atoms with van der Waals surface area (Å²) < 4.78 is 5.48. The number of carbonyl (C=O) groups is 1. The SMILES string of the molecule is CN1CCCC1c1nc(C2CN(C(=O)CCC3CCCC3)C2)no1. The number of nitrogens with zero attached hydrogens (tertiary/aromatic N) is 4. The first-order valence-corrected chi connectivity index (χ1v) is 9.52. The van der Waals surface area contributed by atoms with Crippen molar-refractivity contribution >= 4 is 5.91 Å². The Hall–Kier alpha value is -1.43. The normalized spacial score (nSPS) is 26.2. The van der Waals surface area contributed by atoms with Crippen LogP contribution in [0.25, 0.3) is 0 Å². The van der Waals surface area contributed by atoms with Crippen molar-refractivity contribution in [2.45, 2.75) is 63.3 Å². The van der Waals surface area contributed by atoms with E-state index in [0.29, 0.717) is 12.3 Å². The first kappa shape index (κ1) is 16.1. The maximum Gasteiger partial charge on any atom is 0.243 e. The van der Waals surface area contributed by atoms with Crippen LogP contribution in [0.4, 0.5) is 0 Å². The average Bonchev–Trinajstić information content (AvgIpc) is 3.24.